The van der Waals surface area contributed by atoms with Crippen LogP contribution in [-0.4, -0.2) is 35.1 Å². The van der Waals surface area contributed by atoms with E-state index in [0.29, 0.717) is 0 Å². The minimum atomic E-state index is -0.713. The third-order valence-electron chi connectivity index (χ3n) is 2.28. The Morgan fingerprint density at radius 2 is 1.85 bits per heavy atom. The molecular weight excluding hydrogens is 264 g/mol. The van der Waals surface area contributed by atoms with Gasteiger partial charge in [-0.3, -0.25) is 4.79 Å². The zero-order valence-electron chi connectivity index (χ0n) is 10.9. The van der Waals surface area contributed by atoms with Crippen molar-refractivity contribution >= 4 is 5.91 Å². The van der Waals surface area contributed by atoms with Crippen LogP contribution in [0.1, 0.15) is 10.5 Å². The van der Waals surface area contributed by atoms with Crippen molar-refractivity contribution in [2.75, 3.05) is 14.2 Å². The Labute approximate surface area is 114 Å². The average molecular weight is 276 g/mol. The van der Waals surface area contributed by atoms with Crippen molar-refractivity contribution in [2.45, 2.75) is 0 Å². The number of hydrogen-bond donors (Lipinski definition) is 1. The fourth-order valence-corrected chi connectivity index (χ4v) is 1.39. The van der Waals surface area contributed by atoms with Gasteiger partial charge < -0.3 is 19.9 Å². The summed E-state index contributed by atoms with van der Waals surface area (Å²) in [7, 11) is 2.90. The molecule has 1 amide bonds. The molecule has 0 aromatic carbocycles. The fraction of sp³-hybridized carbons (Fsp3) is 0.167. The summed E-state index contributed by atoms with van der Waals surface area (Å²) < 4.78 is 15.4. The van der Waals surface area contributed by atoms with Gasteiger partial charge in [-0.2, -0.15) is 9.97 Å². The summed E-state index contributed by atoms with van der Waals surface area (Å²) >= 11 is 0. The summed E-state index contributed by atoms with van der Waals surface area (Å²) in [6, 6.07) is 4.57. The molecule has 104 valence electrons. The zero-order chi connectivity index (χ0) is 14.5. The Kier molecular flexibility index (Phi) is 3.94. The largest absolute Gasteiger partial charge is 0.481 e. The smallest absolute Gasteiger partial charge is 0.328 e. The van der Waals surface area contributed by atoms with Crippen molar-refractivity contribution in [3.63, 3.8) is 0 Å². The minimum Gasteiger partial charge on any atom is -0.481 e. The molecule has 0 unspecified atom stereocenters. The zero-order valence-corrected chi connectivity index (χ0v) is 10.9. The molecule has 0 aliphatic carbocycles. The minimum absolute atomic E-state index is 0.0158. The Balaban J connectivity index is 2.37. The maximum atomic E-state index is 11.2. The number of amides is 1. The Bertz CT molecular complexity index is 610. The first-order chi connectivity index (χ1) is 9.63. The standard InChI is InChI=1S/C12H12N4O4/c1-18-8-6-9(19-2)16-12(15-8)20-7-4-3-5-14-10(7)11(13)17/h3-6H,1-2H3,(H2,13,17). The summed E-state index contributed by atoms with van der Waals surface area (Å²) in [5.74, 6) is -0.0431. The Hall–Kier alpha value is -2.90. The number of carbonyl (C=O) groups excluding carboxylic acids is 1. The van der Waals surface area contributed by atoms with E-state index >= 15 is 0 Å². The van der Waals surface area contributed by atoms with Gasteiger partial charge in [0.2, 0.25) is 11.8 Å². The van der Waals surface area contributed by atoms with Crippen LogP contribution in [0.2, 0.25) is 0 Å². The number of pyridine rings is 1. The Morgan fingerprint density at radius 3 is 2.40 bits per heavy atom. The second-order valence-electron chi connectivity index (χ2n) is 3.55. The van der Waals surface area contributed by atoms with E-state index in [9.17, 15) is 4.79 Å². The SMILES string of the molecule is COc1cc(OC)nc(Oc2cccnc2C(N)=O)n1. The molecule has 0 aliphatic rings. The van der Waals surface area contributed by atoms with Crippen molar-refractivity contribution in [2.24, 2.45) is 5.73 Å². The lowest BCUT2D eigenvalue weighted by Gasteiger charge is -2.08. The number of methoxy groups -OCH3 is 2. The average Bonchev–Trinajstić information content (AvgIpc) is 2.47. The van der Waals surface area contributed by atoms with Gasteiger partial charge in [0.05, 0.1) is 20.3 Å². The van der Waals surface area contributed by atoms with Gasteiger partial charge in [0.25, 0.3) is 5.91 Å². The molecule has 2 N–H and O–H groups in total. The van der Waals surface area contributed by atoms with Gasteiger partial charge in [0, 0.05) is 6.20 Å². The van der Waals surface area contributed by atoms with Crippen molar-refractivity contribution < 1.29 is 19.0 Å². The summed E-state index contributed by atoms with van der Waals surface area (Å²) in [6.07, 6.45) is 1.43. The highest BCUT2D eigenvalue weighted by Crippen LogP contribution is 2.25. The van der Waals surface area contributed by atoms with Gasteiger partial charge in [-0.1, -0.05) is 0 Å². The predicted octanol–water partition coefficient (Wildman–Crippen LogP) is 0.780. The van der Waals surface area contributed by atoms with Crippen LogP contribution < -0.4 is 19.9 Å². The fourth-order valence-electron chi connectivity index (χ4n) is 1.39. The summed E-state index contributed by atoms with van der Waals surface area (Å²) in [5.41, 5.74) is 5.19. The van der Waals surface area contributed by atoms with Gasteiger partial charge in [0.1, 0.15) is 0 Å². The lowest BCUT2D eigenvalue weighted by Crippen LogP contribution is -2.14. The highest BCUT2D eigenvalue weighted by atomic mass is 16.5. The molecule has 0 spiro atoms. The maximum Gasteiger partial charge on any atom is 0.328 e. The highest BCUT2D eigenvalue weighted by Gasteiger charge is 2.14. The van der Waals surface area contributed by atoms with E-state index in [2.05, 4.69) is 15.0 Å². The number of aromatic nitrogens is 3. The number of nitrogens with two attached hydrogens (primary N) is 1. The van der Waals surface area contributed by atoms with Crippen molar-refractivity contribution in [3.05, 3.63) is 30.1 Å². The first-order valence-electron chi connectivity index (χ1n) is 5.53. The highest BCUT2D eigenvalue weighted by molar-refractivity contribution is 5.93. The molecule has 8 heteroatoms. The van der Waals surface area contributed by atoms with E-state index in [4.69, 9.17) is 19.9 Å². The summed E-state index contributed by atoms with van der Waals surface area (Å²) in [4.78, 5) is 23.0. The third-order valence-corrected chi connectivity index (χ3v) is 2.28. The molecule has 20 heavy (non-hydrogen) atoms. The molecule has 0 saturated heterocycles. The van der Waals surface area contributed by atoms with E-state index in [-0.39, 0.29) is 29.2 Å². The molecule has 2 rings (SSSR count). The van der Waals surface area contributed by atoms with Gasteiger partial charge >= 0.3 is 6.01 Å². The molecule has 0 bridgehead atoms. The Morgan fingerprint density at radius 1 is 1.20 bits per heavy atom. The molecule has 0 radical (unpaired) electrons. The second-order valence-corrected chi connectivity index (χ2v) is 3.55. The number of ether oxygens (including phenoxy) is 3. The normalized spacial score (nSPS) is 9.90. The van der Waals surface area contributed by atoms with Gasteiger partial charge in [-0.25, -0.2) is 4.98 Å². The number of nitrogens with zero attached hydrogens (tertiary/aromatic N) is 3. The molecule has 8 nitrogen and oxygen atoms in total. The van der Waals surface area contributed by atoms with Gasteiger partial charge in [0.15, 0.2) is 11.4 Å². The van der Waals surface area contributed by atoms with E-state index in [1.807, 2.05) is 0 Å². The number of carbonyl (C=O) groups is 1. The molecule has 2 heterocycles. The van der Waals surface area contributed by atoms with Gasteiger partial charge in [-0.15, -0.1) is 0 Å². The van der Waals surface area contributed by atoms with Crippen molar-refractivity contribution in [1.29, 1.82) is 0 Å². The number of hydrogen-bond acceptors (Lipinski definition) is 7. The van der Waals surface area contributed by atoms with Crippen molar-refractivity contribution in [3.8, 4) is 23.5 Å². The quantitative estimate of drug-likeness (QED) is 0.859. The molecule has 2 aromatic heterocycles. The summed E-state index contributed by atoms with van der Waals surface area (Å²) in [5, 5.41) is 0. The van der Waals surface area contributed by atoms with Crippen LogP contribution in [0.25, 0.3) is 0 Å². The first kappa shape index (κ1) is 13.5. The molecule has 0 saturated carbocycles. The second kappa shape index (κ2) is 5.83. The molecule has 2 aromatic rings. The van der Waals surface area contributed by atoms with E-state index in [1.54, 1.807) is 6.07 Å². The molecular formula is C12H12N4O4. The lowest BCUT2D eigenvalue weighted by atomic mass is 10.3. The number of rotatable bonds is 5. The predicted molar refractivity (Wildman–Crippen MR) is 68.0 cm³/mol. The van der Waals surface area contributed by atoms with Crippen LogP contribution >= 0.6 is 0 Å². The van der Waals surface area contributed by atoms with Crippen LogP contribution in [0.5, 0.6) is 23.5 Å². The summed E-state index contributed by atoms with van der Waals surface area (Å²) in [6.45, 7) is 0. The van der Waals surface area contributed by atoms with Crippen LogP contribution in [0.15, 0.2) is 24.4 Å². The van der Waals surface area contributed by atoms with Crippen LogP contribution in [0, 0.1) is 0 Å². The van der Waals surface area contributed by atoms with E-state index in [1.165, 1.54) is 32.5 Å². The topological polar surface area (TPSA) is 109 Å². The maximum absolute atomic E-state index is 11.2. The van der Waals surface area contributed by atoms with Crippen molar-refractivity contribution in [1.82, 2.24) is 15.0 Å². The molecule has 0 aliphatic heterocycles. The molecule has 0 fully saturated rings. The number of primary amides is 1. The van der Waals surface area contributed by atoms with Crippen LogP contribution in [0.3, 0.4) is 0 Å². The van der Waals surface area contributed by atoms with E-state index in [0.717, 1.165) is 0 Å². The first-order valence-corrected chi connectivity index (χ1v) is 5.53. The van der Waals surface area contributed by atoms with E-state index < -0.39 is 5.91 Å². The van der Waals surface area contributed by atoms with Crippen LogP contribution in [0.4, 0.5) is 0 Å². The molecule has 0 atom stereocenters. The lowest BCUT2D eigenvalue weighted by molar-refractivity contribution is 0.0993. The third kappa shape index (κ3) is 2.91. The van der Waals surface area contributed by atoms with Crippen LogP contribution in [-0.2, 0) is 0 Å². The monoisotopic (exact) mass is 276 g/mol. The van der Waals surface area contributed by atoms with Gasteiger partial charge in [-0.05, 0) is 12.1 Å².